The standard InChI is InChI=1S/C3H8N2.2O.Ti/c1-2-5-3-4-1;;;/h4-5H,1-3H2;;;. The zero-order chi connectivity index (χ0) is 6.24. The van der Waals surface area contributed by atoms with E-state index in [0.29, 0.717) is 0 Å². The van der Waals surface area contributed by atoms with Gasteiger partial charge in [-0.05, 0) is 0 Å². The Morgan fingerprint density at radius 2 is 1.50 bits per heavy atom. The van der Waals surface area contributed by atoms with Gasteiger partial charge in [-0.25, -0.2) is 0 Å². The van der Waals surface area contributed by atoms with Crippen LogP contribution in [-0.4, -0.2) is 19.8 Å². The normalized spacial score (nSPS) is 16.0. The SMILES string of the molecule is C1CNCN1.[O]=[Ti]=[O]. The number of hydrogen-bond acceptors (Lipinski definition) is 4. The molecule has 8 heavy (non-hydrogen) atoms. The number of rotatable bonds is 0. The van der Waals surface area contributed by atoms with Crippen molar-refractivity contribution in [3.8, 4) is 0 Å². The third kappa shape index (κ3) is 6.23. The van der Waals surface area contributed by atoms with Crippen LogP contribution >= 0.6 is 0 Å². The van der Waals surface area contributed by atoms with Crippen molar-refractivity contribution in [3.05, 3.63) is 0 Å². The first kappa shape index (κ1) is 8.23. The van der Waals surface area contributed by atoms with E-state index in [-0.39, 0.29) is 0 Å². The van der Waals surface area contributed by atoms with E-state index in [0.717, 1.165) is 19.8 Å². The fraction of sp³-hybridized carbons (Fsp3) is 1.00. The van der Waals surface area contributed by atoms with Gasteiger partial charge >= 0.3 is 25.7 Å². The van der Waals surface area contributed by atoms with Crippen molar-refractivity contribution in [1.82, 2.24) is 10.6 Å². The summed E-state index contributed by atoms with van der Waals surface area (Å²) in [4.78, 5) is 0. The van der Waals surface area contributed by atoms with Crippen LogP contribution in [0.5, 0.6) is 0 Å². The molecule has 1 saturated heterocycles. The maximum atomic E-state index is 8.50. The van der Waals surface area contributed by atoms with Gasteiger partial charge in [0.25, 0.3) is 0 Å². The van der Waals surface area contributed by atoms with Crippen molar-refractivity contribution in [2.45, 2.75) is 0 Å². The van der Waals surface area contributed by atoms with Crippen molar-refractivity contribution >= 4 is 0 Å². The zero-order valence-corrected chi connectivity index (χ0v) is 6.00. The van der Waals surface area contributed by atoms with E-state index in [4.69, 9.17) is 6.65 Å². The van der Waals surface area contributed by atoms with Gasteiger partial charge in [-0.3, -0.25) is 0 Å². The molecule has 0 bridgehead atoms. The Kier molecular flexibility index (Phi) is 7.45. The molecule has 0 aliphatic carbocycles. The van der Waals surface area contributed by atoms with Gasteiger partial charge in [0.05, 0.1) is 0 Å². The van der Waals surface area contributed by atoms with Crippen LogP contribution in [0.2, 0.25) is 0 Å². The van der Waals surface area contributed by atoms with E-state index < -0.39 is 19.1 Å². The third-order valence-electron chi connectivity index (χ3n) is 0.729. The van der Waals surface area contributed by atoms with Crippen LogP contribution in [0.15, 0.2) is 0 Å². The summed E-state index contributed by atoms with van der Waals surface area (Å²) in [6.07, 6.45) is 0. The molecule has 5 heteroatoms. The van der Waals surface area contributed by atoms with E-state index in [2.05, 4.69) is 10.6 Å². The molecular formula is C3H8N2O2Ti. The molecule has 0 radical (unpaired) electrons. The molecule has 0 spiro atoms. The van der Waals surface area contributed by atoms with E-state index in [1.807, 2.05) is 0 Å². The molecule has 1 fully saturated rings. The zero-order valence-electron chi connectivity index (χ0n) is 4.44. The van der Waals surface area contributed by atoms with E-state index >= 15 is 0 Å². The quantitative estimate of drug-likeness (QED) is 0.432. The summed E-state index contributed by atoms with van der Waals surface area (Å²) in [5.74, 6) is 0. The van der Waals surface area contributed by atoms with Gasteiger partial charge in [-0.1, -0.05) is 0 Å². The molecular weight excluding hydrogens is 144 g/mol. The summed E-state index contributed by atoms with van der Waals surface area (Å²) in [6.45, 7) is 3.28. The van der Waals surface area contributed by atoms with Crippen molar-refractivity contribution in [1.29, 1.82) is 0 Å². The van der Waals surface area contributed by atoms with Gasteiger partial charge in [0.15, 0.2) is 0 Å². The number of nitrogens with one attached hydrogen (secondary N) is 2. The van der Waals surface area contributed by atoms with Gasteiger partial charge in [0.1, 0.15) is 0 Å². The second-order valence-corrected chi connectivity index (χ2v) is 1.52. The minimum atomic E-state index is -2.00. The second kappa shape index (κ2) is 7.23. The van der Waals surface area contributed by atoms with Crippen LogP contribution in [0.1, 0.15) is 0 Å². The molecule has 4 nitrogen and oxygen atoms in total. The summed E-state index contributed by atoms with van der Waals surface area (Å²) in [5.41, 5.74) is 0. The molecule has 0 aromatic rings. The Balaban J connectivity index is 0.000000145. The fourth-order valence-corrected chi connectivity index (χ4v) is 0.442. The van der Waals surface area contributed by atoms with Crippen molar-refractivity contribution in [3.63, 3.8) is 0 Å². The Hall–Kier alpha value is 0.234. The van der Waals surface area contributed by atoms with Crippen LogP contribution in [0.3, 0.4) is 0 Å². The Morgan fingerprint density at radius 1 is 1.12 bits per heavy atom. The molecule has 0 amide bonds. The van der Waals surface area contributed by atoms with Gasteiger partial charge < -0.3 is 10.6 Å². The van der Waals surface area contributed by atoms with Crippen molar-refractivity contribution < 1.29 is 25.7 Å². The first-order valence-corrected chi connectivity index (χ1v) is 3.60. The summed E-state index contributed by atoms with van der Waals surface area (Å²) < 4.78 is 17.0. The first-order chi connectivity index (χ1) is 3.91. The molecule has 2 N–H and O–H groups in total. The van der Waals surface area contributed by atoms with Crippen LogP contribution < -0.4 is 10.6 Å². The van der Waals surface area contributed by atoms with Crippen LogP contribution in [0, 0.1) is 0 Å². The van der Waals surface area contributed by atoms with Crippen LogP contribution in [0.4, 0.5) is 0 Å². The van der Waals surface area contributed by atoms with Gasteiger partial charge in [-0.15, -0.1) is 0 Å². The topological polar surface area (TPSA) is 58.2 Å². The first-order valence-electron chi connectivity index (χ1n) is 2.32. The molecule has 1 rings (SSSR count). The summed E-state index contributed by atoms with van der Waals surface area (Å²) in [6, 6.07) is 0. The predicted octanol–water partition coefficient (Wildman–Crippen LogP) is -1.10. The molecule has 46 valence electrons. The maximum absolute atomic E-state index is 8.50. The second-order valence-electron chi connectivity index (χ2n) is 1.26. The summed E-state index contributed by atoms with van der Waals surface area (Å²) >= 11 is -2.00. The Morgan fingerprint density at radius 3 is 1.62 bits per heavy atom. The molecule has 1 aliphatic rings. The molecule has 0 aromatic heterocycles. The fourth-order valence-electron chi connectivity index (χ4n) is 0.442. The van der Waals surface area contributed by atoms with Crippen LogP contribution in [-0.2, 0) is 25.7 Å². The monoisotopic (exact) mass is 152 g/mol. The molecule has 0 unspecified atom stereocenters. The van der Waals surface area contributed by atoms with E-state index in [1.54, 1.807) is 0 Å². The Labute approximate surface area is 56.6 Å². The third-order valence-corrected chi connectivity index (χ3v) is 0.729. The van der Waals surface area contributed by atoms with Gasteiger partial charge in [0, 0.05) is 19.8 Å². The van der Waals surface area contributed by atoms with Gasteiger partial charge in [0.2, 0.25) is 0 Å². The average molecular weight is 152 g/mol. The summed E-state index contributed by atoms with van der Waals surface area (Å²) in [7, 11) is 0. The minimum absolute atomic E-state index is 1.00. The molecule has 0 aromatic carbocycles. The molecule has 0 atom stereocenters. The van der Waals surface area contributed by atoms with E-state index in [1.165, 1.54) is 0 Å². The molecule has 1 aliphatic heterocycles. The van der Waals surface area contributed by atoms with E-state index in [9.17, 15) is 0 Å². The van der Waals surface area contributed by atoms with Crippen molar-refractivity contribution in [2.75, 3.05) is 19.8 Å². The summed E-state index contributed by atoms with van der Waals surface area (Å²) in [5, 5.41) is 6.22. The molecule has 1 heterocycles. The van der Waals surface area contributed by atoms with Gasteiger partial charge in [-0.2, -0.15) is 0 Å². The van der Waals surface area contributed by atoms with Crippen LogP contribution in [0.25, 0.3) is 0 Å². The molecule has 0 saturated carbocycles. The van der Waals surface area contributed by atoms with Crippen molar-refractivity contribution in [2.24, 2.45) is 0 Å². The number of hydrogen-bond donors (Lipinski definition) is 2. The predicted molar refractivity (Wildman–Crippen MR) is 22.2 cm³/mol. The average Bonchev–Trinajstić information content (AvgIpc) is 2.17. The Bertz CT molecular complexity index is 69.7.